The maximum atomic E-state index is 13.4. The molecule has 0 spiro atoms. The average Bonchev–Trinajstić information content (AvgIpc) is 3.03. The van der Waals surface area contributed by atoms with Crippen molar-refractivity contribution >= 4 is 10.0 Å². The topological polar surface area (TPSA) is 46.6 Å². The zero-order chi connectivity index (χ0) is 17.0. The molecule has 0 saturated carbocycles. The summed E-state index contributed by atoms with van der Waals surface area (Å²) in [6.07, 6.45) is 4.97. The van der Waals surface area contributed by atoms with Gasteiger partial charge in [-0.2, -0.15) is 4.31 Å². The minimum absolute atomic E-state index is 0.0357. The number of sulfonamides is 1. The molecule has 1 unspecified atom stereocenters. The average molecular weight is 355 g/mol. The van der Waals surface area contributed by atoms with Gasteiger partial charge in [0, 0.05) is 25.8 Å². The Kier molecular flexibility index (Phi) is 5.89. The van der Waals surface area contributed by atoms with Gasteiger partial charge in [0.05, 0.1) is 5.75 Å². The standard InChI is InChI=1S/C18H26FNO3S/c19-17-4-1-3-16(13-17)14-18-5-2-9-20(18)24(21,22)12-8-15-6-10-23-11-7-15/h1,3-4,13,15,18H,2,5-12,14H2. The Morgan fingerprint density at radius 2 is 2.00 bits per heavy atom. The monoisotopic (exact) mass is 355 g/mol. The quantitative estimate of drug-likeness (QED) is 0.788. The fraction of sp³-hybridized carbons (Fsp3) is 0.667. The van der Waals surface area contributed by atoms with E-state index >= 15 is 0 Å². The summed E-state index contributed by atoms with van der Waals surface area (Å²) in [5, 5.41) is 0. The molecule has 2 saturated heterocycles. The van der Waals surface area contributed by atoms with Crippen LogP contribution in [0.5, 0.6) is 0 Å². The van der Waals surface area contributed by atoms with Crippen LogP contribution >= 0.6 is 0 Å². The number of nitrogens with zero attached hydrogens (tertiary/aromatic N) is 1. The maximum Gasteiger partial charge on any atom is 0.214 e. The van der Waals surface area contributed by atoms with Crippen LogP contribution in [0.25, 0.3) is 0 Å². The number of benzene rings is 1. The molecule has 2 aliphatic rings. The summed E-state index contributed by atoms with van der Waals surface area (Å²) in [6.45, 7) is 2.09. The van der Waals surface area contributed by atoms with Gasteiger partial charge in [-0.05, 0) is 62.1 Å². The Balaban J connectivity index is 1.60. The first kappa shape index (κ1) is 17.8. The first-order valence-corrected chi connectivity index (χ1v) is 10.5. The van der Waals surface area contributed by atoms with Gasteiger partial charge < -0.3 is 4.74 Å². The summed E-state index contributed by atoms with van der Waals surface area (Å²) in [4.78, 5) is 0. The molecule has 2 fully saturated rings. The van der Waals surface area contributed by atoms with Crippen LogP contribution in [0.2, 0.25) is 0 Å². The van der Waals surface area contributed by atoms with Crippen LogP contribution in [-0.4, -0.2) is 44.3 Å². The second-order valence-corrected chi connectivity index (χ2v) is 8.94. The number of hydrogen-bond donors (Lipinski definition) is 0. The van der Waals surface area contributed by atoms with Crippen LogP contribution in [0, 0.1) is 11.7 Å². The highest BCUT2D eigenvalue weighted by Crippen LogP contribution is 2.27. The highest BCUT2D eigenvalue weighted by molar-refractivity contribution is 7.89. The number of rotatable bonds is 6. The highest BCUT2D eigenvalue weighted by atomic mass is 32.2. The molecular formula is C18H26FNO3S. The molecule has 0 radical (unpaired) electrons. The zero-order valence-electron chi connectivity index (χ0n) is 14.0. The molecule has 1 aromatic rings. The lowest BCUT2D eigenvalue weighted by Crippen LogP contribution is -2.38. The molecule has 0 bridgehead atoms. The number of hydrogen-bond acceptors (Lipinski definition) is 3. The predicted octanol–water partition coefficient (Wildman–Crippen LogP) is 2.98. The summed E-state index contributed by atoms with van der Waals surface area (Å²) in [5.74, 6) is 0.411. The third kappa shape index (κ3) is 4.55. The minimum Gasteiger partial charge on any atom is -0.381 e. The summed E-state index contributed by atoms with van der Waals surface area (Å²) >= 11 is 0. The number of halogens is 1. The molecule has 1 atom stereocenters. The fourth-order valence-corrected chi connectivity index (χ4v) is 5.69. The van der Waals surface area contributed by atoms with Gasteiger partial charge in [0.1, 0.15) is 5.82 Å². The van der Waals surface area contributed by atoms with Gasteiger partial charge in [-0.1, -0.05) is 12.1 Å². The number of ether oxygens (including phenoxy) is 1. The van der Waals surface area contributed by atoms with Gasteiger partial charge in [0.15, 0.2) is 0 Å². The maximum absolute atomic E-state index is 13.4. The van der Waals surface area contributed by atoms with Crippen molar-refractivity contribution in [3.05, 3.63) is 35.6 Å². The van der Waals surface area contributed by atoms with Crippen LogP contribution in [-0.2, 0) is 21.2 Å². The van der Waals surface area contributed by atoms with Crippen LogP contribution in [0.1, 0.15) is 37.7 Å². The van der Waals surface area contributed by atoms with Crippen molar-refractivity contribution in [3.63, 3.8) is 0 Å². The first-order valence-electron chi connectivity index (χ1n) is 8.86. The van der Waals surface area contributed by atoms with Gasteiger partial charge in [0.25, 0.3) is 0 Å². The molecule has 3 rings (SSSR count). The molecule has 1 aromatic carbocycles. The molecule has 6 heteroatoms. The van der Waals surface area contributed by atoms with Crippen molar-refractivity contribution in [3.8, 4) is 0 Å². The Bertz CT molecular complexity index is 643. The minimum atomic E-state index is -3.24. The van der Waals surface area contributed by atoms with Crippen molar-refractivity contribution in [2.45, 2.75) is 44.6 Å². The lowest BCUT2D eigenvalue weighted by atomic mass is 9.98. The van der Waals surface area contributed by atoms with E-state index in [0.29, 0.717) is 18.9 Å². The van der Waals surface area contributed by atoms with E-state index in [1.807, 2.05) is 6.07 Å². The Morgan fingerprint density at radius 3 is 2.75 bits per heavy atom. The molecule has 0 N–H and O–H groups in total. The van der Waals surface area contributed by atoms with Crippen molar-refractivity contribution in [2.24, 2.45) is 5.92 Å². The van der Waals surface area contributed by atoms with Gasteiger partial charge in [-0.25, -0.2) is 12.8 Å². The molecule has 2 aliphatic heterocycles. The summed E-state index contributed by atoms with van der Waals surface area (Å²) in [5.41, 5.74) is 0.867. The Hall–Kier alpha value is -0.980. The lowest BCUT2D eigenvalue weighted by Gasteiger charge is -2.26. The van der Waals surface area contributed by atoms with E-state index in [0.717, 1.165) is 50.9 Å². The van der Waals surface area contributed by atoms with E-state index in [2.05, 4.69) is 0 Å². The lowest BCUT2D eigenvalue weighted by molar-refractivity contribution is 0.0655. The van der Waals surface area contributed by atoms with Crippen molar-refractivity contribution in [2.75, 3.05) is 25.5 Å². The molecule has 24 heavy (non-hydrogen) atoms. The van der Waals surface area contributed by atoms with Gasteiger partial charge in [0.2, 0.25) is 10.0 Å². The van der Waals surface area contributed by atoms with Crippen LogP contribution in [0.15, 0.2) is 24.3 Å². The smallest absolute Gasteiger partial charge is 0.214 e. The SMILES string of the molecule is O=S(=O)(CCC1CCOCC1)N1CCCC1Cc1cccc(F)c1. The zero-order valence-corrected chi connectivity index (χ0v) is 14.8. The van der Waals surface area contributed by atoms with Crippen LogP contribution in [0.3, 0.4) is 0 Å². The second kappa shape index (κ2) is 7.93. The molecule has 134 valence electrons. The van der Waals surface area contributed by atoms with Crippen molar-refractivity contribution in [1.29, 1.82) is 0 Å². The van der Waals surface area contributed by atoms with Crippen LogP contribution < -0.4 is 0 Å². The van der Waals surface area contributed by atoms with Gasteiger partial charge in [-0.15, -0.1) is 0 Å². The summed E-state index contributed by atoms with van der Waals surface area (Å²) < 4.78 is 45.9. The highest BCUT2D eigenvalue weighted by Gasteiger charge is 2.34. The Labute approximate surface area is 144 Å². The molecular weight excluding hydrogens is 329 g/mol. The van der Waals surface area contributed by atoms with Crippen LogP contribution in [0.4, 0.5) is 4.39 Å². The van der Waals surface area contributed by atoms with Crippen molar-refractivity contribution in [1.82, 2.24) is 4.31 Å². The third-order valence-electron chi connectivity index (χ3n) is 5.17. The molecule has 0 aromatic heterocycles. The van der Waals surface area contributed by atoms with E-state index < -0.39 is 10.0 Å². The largest absolute Gasteiger partial charge is 0.381 e. The van der Waals surface area contributed by atoms with Crippen molar-refractivity contribution < 1.29 is 17.5 Å². The predicted molar refractivity (Wildman–Crippen MR) is 91.8 cm³/mol. The van der Waals surface area contributed by atoms with E-state index in [1.165, 1.54) is 12.1 Å². The normalized spacial score (nSPS) is 23.6. The molecule has 2 heterocycles. The van der Waals surface area contributed by atoms with Gasteiger partial charge >= 0.3 is 0 Å². The molecule has 0 aliphatic carbocycles. The summed E-state index contributed by atoms with van der Waals surface area (Å²) in [6, 6.07) is 6.44. The fourth-order valence-electron chi connectivity index (χ4n) is 3.78. The Morgan fingerprint density at radius 1 is 1.21 bits per heavy atom. The molecule has 0 amide bonds. The van der Waals surface area contributed by atoms with E-state index in [1.54, 1.807) is 10.4 Å². The van der Waals surface area contributed by atoms with E-state index in [-0.39, 0.29) is 17.6 Å². The second-order valence-electron chi connectivity index (χ2n) is 6.90. The third-order valence-corrected chi connectivity index (χ3v) is 7.11. The van der Waals surface area contributed by atoms with E-state index in [9.17, 15) is 12.8 Å². The molecule has 4 nitrogen and oxygen atoms in total. The first-order chi connectivity index (χ1) is 11.5. The van der Waals surface area contributed by atoms with Gasteiger partial charge in [-0.3, -0.25) is 0 Å². The summed E-state index contributed by atoms with van der Waals surface area (Å²) in [7, 11) is -3.24. The van der Waals surface area contributed by atoms with E-state index in [4.69, 9.17) is 4.74 Å².